The highest BCUT2D eigenvalue weighted by Gasteiger charge is 2.29. The first kappa shape index (κ1) is 13.5. The summed E-state index contributed by atoms with van der Waals surface area (Å²) >= 11 is 0.663. The van der Waals surface area contributed by atoms with Crippen molar-refractivity contribution < 1.29 is 13.6 Å². The number of hydrogen-bond donors (Lipinski definition) is 1. The van der Waals surface area contributed by atoms with Gasteiger partial charge in [-0.25, -0.2) is 0 Å². The van der Waals surface area contributed by atoms with E-state index in [1.807, 2.05) is 13.0 Å². The fourth-order valence-electron chi connectivity index (χ4n) is 1.41. The van der Waals surface area contributed by atoms with Crippen LogP contribution in [0.5, 0.6) is 0 Å². The number of halogens is 2. The Bertz CT molecular complexity index is 607. The highest BCUT2D eigenvalue weighted by molar-refractivity contribution is 7.15. The molecule has 0 saturated heterocycles. The van der Waals surface area contributed by atoms with Gasteiger partial charge in [0.2, 0.25) is 5.13 Å². The lowest BCUT2D eigenvalue weighted by molar-refractivity contribution is 0.0165. The lowest BCUT2D eigenvalue weighted by Gasteiger charge is -2.03. The molecule has 0 fully saturated rings. The Balaban J connectivity index is 2.13. The molecule has 0 atom stereocenters. The molecule has 7 heteroatoms. The summed E-state index contributed by atoms with van der Waals surface area (Å²) in [6.07, 6.45) is 0. The number of hydrogen-bond acceptors (Lipinski definition) is 4. The Kier molecular flexibility index (Phi) is 3.57. The van der Waals surface area contributed by atoms with Crippen molar-refractivity contribution >= 4 is 22.4 Å². The van der Waals surface area contributed by atoms with Crippen molar-refractivity contribution in [3.8, 4) is 0 Å². The van der Waals surface area contributed by atoms with Gasteiger partial charge < -0.3 is 0 Å². The van der Waals surface area contributed by atoms with Gasteiger partial charge in [0.05, 0.1) is 0 Å². The molecule has 4 nitrogen and oxygen atoms in total. The normalized spacial score (nSPS) is 11.4. The summed E-state index contributed by atoms with van der Waals surface area (Å²) < 4.78 is 26.0. The number of aryl methyl sites for hydroxylation is 1. The zero-order chi connectivity index (χ0) is 14.0. The Morgan fingerprint density at radius 3 is 2.68 bits per heavy atom. The van der Waals surface area contributed by atoms with Crippen molar-refractivity contribution in [2.75, 3.05) is 5.32 Å². The van der Waals surface area contributed by atoms with E-state index in [4.69, 9.17) is 0 Å². The second-order valence-electron chi connectivity index (χ2n) is 4.12. The molecule has 2 aromatic rings. The van der Waals surface area contributed by atoms with Crippen LogP contribution < -0.4 is 5.32 Å². The van der Waals surface area contributed by atoms with Gasteiger partial charge in [0.1, 0.15) is 0 Å². The summed E-state index contributed by atoms with van der Waals surface area (Å²) in [5, 5.41) is 8.97. The molecular formula is C12H11F2N3OS. The standard InChI is InChI=1S/C12H11F2N3OS/c1-7-4-3-5-8(6-7)9(18)15-11-17-16-10(19-11)12(2,13)14/h3-6H,1-2H3,(H,15,17,18). The Hall–Kier alpha value is -1.89. The van der Waals surface area contributed by atoms with Gasteiger partial charge in [-0.2, -0.15) is 8.78 Å². The van der Waals surface area contributed by atoms with E-state index in [1.165, 1.54) is 0 Å². The third-order valence-corrected chi connectivity index (χ3v) is 3.31. The van der Waals surface area contributed by atoms with Gasteiger partial charge in [-0.3, -0.25) is 10.1 Å². The Morgan fingerprint density at radius 1 is 1.37 bits per heavy atom. The van der Waals surface area contributed by atoms with Crippen molar-refractivity contribution in [3.05, 3.63) is 40.4 Å². The summed E-state index contributed by atoms with van der Waals surface area (Å²) in [4.78, 5) is 11.9. The van der Waals surface area contributed by atoms with Gasteiger partial charge in [-0.1, -0.05) is 29.0 Å². The maximum atomic E-state index is 13.0. The van der Waals surface area contributed by atoms with E-state index in [-0.39, 0.29) is 5.13 Å². The van der Waals surface area contributed by atoms with Gasteiger partial charge in [-0.15, -0.1) is 10.2 Å². The number of carbonyl (C=O) groups is 1. The first-order valence-corrected chi connectivity index (χ1v) is 6.28. The minimum Gasteiger partial charge on any atom is -0.296 e. The van der Waals surface area contributed by atoms with Crippen molar-refractivity contribution in [2.45, 2.75) is 19.8 Å². The number of nitrogens with one attached hydrogen (secondary N) is 1. The lowest BCUT2D eigenvalue weighted by Crippen LogP contribution is -2.11. The number of alkyl halides is 2. The van der Waals surface area contributed by atoms with Crippen LogP contribution in [0.1, 0.15) is 27.9 Å². The number of amides is 1. The number of rotatable bonds is 3. The monoisotopic (exact) mass is 283 g/mol. The number of aromatic nitrogens is 2. The SMILES string of the molecule is Cc1cccc(C(=O)Nc2nnc(C(C)(F)F)s2)c1. The molecule has 1 heterocycles. The van der Waals surface area contributed by atoms with E-state index in [0.29, 0.717) is 16.9 Å². The summed E-state index contributed by atoms with van der Waals surface area (Å²) in [6.45, 7) is 2.59. The predicted molar refractivity (Wildman–Crippen MR) is 68.6 cm³/mol. The van der Waals surface area contributed by atoms with Crippen LogP contribution in [0.4, 0.5) is 13.9 Å². The molecule has 1 N–H and O–H groups in total. The second kappa shape index (κ2) is 5.00. The fraction of sp³-hybridized carbons (Fsp3) is 0.250. The quantitative estimate of drug-likeness (QED) is 0.941. The molecule has 1 aromatic carbocycles. The lowest BCUT2D eigenvalue weighted by atomic mass is 10.1. The van der Waals surface area contributed by atoms with Crippen LogP contribution in [0.25, 0.3) is 0 Å². The van der Waals surface area contributed by atoms with E-state index < -0.39 is 16.8 Å². The first-order valence-electron chi connectivity index (χ1n) is 5.46. The average molecular weight is 283 g/mol. The molecule has 2 rings (SSSR count). The smallest absolute Gasteiger partial charge is 0.296 e. The molecule has 0 aliphatic heterocycles. The molecule has 0 radical (unpaired) electrons. The predicted octanol–water partition coefficient (Wildman–Crippen LogP) is 3.21. The summed E-state index contributed by atoms with van der Waals surface area (Å²) in [7, 11) is 0. The van der Waals surface area contributed by atoms with Gasteiger partial charge in [-0.05, 0) is 19.1 Å². The number of carbonyl (C=O) groups excluding carboxylic acids is 1. The van der Waals surface area contributed by atoms with Gasteiger partial charge in [0.25, 0.3) is 11.8 Å². The third kappa shape index (κ3) is 3.31. The zero-order valence-corrected chi connectivity index (χ0v) is 11.1. The largest absolute Gasteiger partial charge is 0.298 e. The maximum absolute atomic E-state index is 13.0. The molecule has 0 aliphatic carbocycles. The van der Waals surface area contributed by atoms with Crippen molar-refractivity contribution in [2.24, 2.45) is 0 Å². The molecule has 0 bridgehead atoms. The molecule has 19 heavy (non-hydrogen) atoms. The molecule has 0 unspecified atom stereocenters. The highest BCUT2D eigenvalue weighted by Crippen LogP contribution is 2.31. The minimum absolute atomic E-state index is 0.0584. The van der Waals surface area contributed by atoms with Crippen molar-refractivity contribution in [3.63, 3.8) is 0 Å². The summed E-state index contributed by atoms with van der Waals surface area (Å²) in [5.74, 6) is -3.45. The molecular weight excluding hydrogens is 272 g/mol. The Labute approximate surface area is 112 Å². The van der Waals surface area contributed by atoms with E-state index in [2.05, 4.69) is 15.5 Å². The molecule has 1 amide bonds. The van der Waals surface area contributed by atoms with Gasteiger partial charge in [0.15, 0.2) is 5.01 Å². The molecule has 0 spiro atoms. The molecule has 1 aromatic heterocycles. The molecule has 100 valence electrons. The Morgan fingerprint density at radius 2 is 2.11 bits per heavy atom. The average Bonchev–Trinajstić information content (AvgIpc) is 2.77. The van der Waals surface area contributed by atoms with E-state index >= 15 is 0 Å². The fourth-order valence-corrected chi connectivity index (χ4v) is 2.08. The summed E-state index contributed by atoms with van der Waals surface area (Å²) in [5.41, 5.74) is 1.38. The summed E-state index contributed by atoms with van der Waals surface area (Å²) in [6, 6.07) is 6.94. The van der Waals surface area contributed by atoms with Crippen molar-refractivity contribution in [1.82, 2.24) is 10.2 Å². The van der Waals surface area contributed by atoms with Crippen LogP contribution in [-0.2, 0) is 5.92 Å². The maximum Gasteiger partial charge on any atom is 0.298 e. The minimum atomic E-state index is -3.05. The van der Waals surface area contributed by atoms with Crippen LogP contribution in [-0.4, -0.2) is 16.1 Å². The number of nitrogens with zero attached hydrogens (tertiary/aromatic N) is 2. The third-order valence-electron chi connectivity index (χ3n) is 2.30. The van der Waals surface area contributed by atoms with Crippen LogP contribution >= 0.6 is 11.3 Å². The topological polar surface area (TPSA) is 54.9 Å². The first-order chi connectivity index (χ1) is 8.86. The molecule has 0 saturated carbocycles. The van der Waals surface area contributed by atoms with E-state index in [1.54, 1.807) is 18.2 Å². The number of anilines is 1. The van der Waals surface area contributed by atoms with Crippen LogP contribution in [0.15, 0.2) is 24.3 Å². The van der Waals surface area contributed by atoms with E-state index in [0.717, 1.165) is 12.5 Å². The molecule has 0 aliphatic rings. The van der Waals surface area contributed by atoms with Crippen LogP contribution in [0.2, 0.25) is 0 Å². The zero-order valence-electron chi connectivity index (χ0n) is 10.3. The number of benzene rings is 1. The van der Waals surface area contributed by atoms with E-state index in [9.17, 15) is 13.6 Å². The van der Waals surface area contributed by atoms with Gasteiger partial charge in [0, 0.05) is 12.5 Å². The van der Waals surface area contributed by atoms with Crippen LogP contribution in [0, 0.1) is 6.92 Å². The van der Waals surface area contributed by atoms with Crippen LogP contribution in [0.3, 0.4) is 0 Å². The van der Waals surface area contributed by atoms with Crippen molar-refractivity contribution in [1.29, 1.82) is 0 Å². The highest BCUT2D eigenvalue weighted by atomic mass is 32.1. The van der Waals surface area contributed by atoms with Gasteiger partial charge >= 0.3 is 0 Å². The second-order valence-corrected chi connectivity index (χ2v) is 5.10.